The zero-order valence-corrected chi connectivity index (χ0v) is 16.9. The Morgan fingerprint density at radius 1 is 0.933 bits per heavy atom. The molecule has 0 aliphatic carbocycles. The largest absolute Gasteiger partial charge is 0.445 e. The van der Waals surface area contributed by atoms with Crippen molar-refractivity contribution < 1.29 is 14.1 Å². The summed E-state index contributed by atoms with van der Waals surface area (Å²) in [6.07, 6.45) is 0. The highest BCUT2D eigenvalue weighted by Gasteiger charge is 2.28. The Bertz CT molecular complexity index is 1190. The van der Waals surface area contributed by atoms with E-state index < -0.39 is 0 Å². The van der Waals surface area contributed by atoms with Crippen molar-refractivity contribution in [2.24, 2.45) is 0 Å². The van der Waals surface area contributed by atoms with Crippen molar-refractivity contribution in [1.82, 2.24) is 0 Å². The van der Waals surface area contributed by atoms with Crippen LogP contribution in [0.2, 0.25) is 0 Å². The molecule has 1 aliphatic heterocycles. The van der Waals surface area contributed by atoms with Crippen LogP contribution in [0.1, 0.15) is 28.2 Å². The summed E-state index contributed by atoms with van der Waals surface area (Å²) in [5.41, 5.74) is 4.85. The molecule has 1 unspecified atom stereocenters. The molecule has 4 nitrogen and oxygen atoms in total. The van der Waals surface area contributed by atoms with Crippen molar-refractivity contribution in [3.63, 3.8) is 0 Å². The lowest BCUT2D eigenvalue weighted by Crippen LogP contribution is -3.12. The second-order valence-corrected chi connectivity index (χ2v) is 7.96. The van der Waals surface area contributed by atoms with Crippen molar-refractivity contribution in [3.8, 4) is 5.75 Å². The topological polar surface area (TPSA) is 43.9 Å². The fourth-order valence-corrected chi connectivity index (χ4v) is 4.42. The molecule has 2 heterocycles. The molecule has 0 fully saturated rings. The van der Waals surface area contributed by atoms with Crippen LogP contribution in [0, 0.1) is 6.92 Å². The van der Waals surface area contributed by atoms with Gasteiger partial charge in [0.2, 0.25) is 6.73 Å². The monoisotopic (exact) mass is 398 g/mol. The van der Waals surface area contributed by atoms with Gasteiger partial charge in [-0.3, -0.25) is 4.90 Å². The second-order valence-electron chi connectivity index (χ2n) is 7.96. The van der Waals surface area contributed by atoms with Crippen molar-refractivity contribution in [3.05, 3.63) is 112 Å². The number of aryl methyl sites for hydroxylation is 1. The lowest BCUT2D eigenvalue weighted by atomic mass is 9.90. The van der Waals surface area contributed by atoms with E-state index in [1.807, 2.05) is 19.1 Å². The Hall–Kier alpha value is -3.37. The molecule has 0 saturated carbocycles. The molecule has 1 aromatic heterocycles. The molecule has 5 rings (SSSR count). The van der Waals surface area contributed by atoms with Crippen molar-refractivity contribution in [2.75, 3.05) is 13.3 Å². The zero-order valence-electron chi connectivity index (χ0n) is 16.9. The van der Waals surface area contributed by atoms with Crippen LogP contribution in [-0.4, -0.2) is 13.3 Å². The Labute approximate surface area is 175 Å². The van der Waals surface area contributed by atoms with Gasteiger partial charge in [0.1, 0.15) is 12.3 Å². The first kappa shape index (κ1) is 18.6. The predicted molar refractivity (Wildman–Crippen MR) is 117 cm³/mol. The molecule has 30 heavy (non-hydrogen) atoms. The molecule has 0 spiro atoms. The van der Waals surface area contributed by atoms with Crippen LogP contribution >= 0.6 is 0 Å². The molecule has 0 bridgehead atoms. The van der Waals surface area contributed by atoms with E-state index in [0.29, 0.717) is 12.3 Å². The molecular formula is C26H24NO3+. The van der Waals surface area contributed by atoms with E-state index in [-0.39, 0.29) is 11.5 Å². The summed E-state index contributed by atoms with van der Waals surface area (Å²) in [5.74, 6) is 1.08. The fraction of sp³-hybridized carbons (Fsp3) is 0.192. The average Bonchev–Trinajstić information content (AvgIpc) is 2.78. The maximum atomic E-state index is 12.0. The van der Waals surface area contributed by atoms with Gasteiger partial charge in [0.25, 0.3) is 0 Å². The maximum absolute atomic E-state index is 12.0. The molecule has 1 atom stereocenters. The summed E-state index contributed by atoms with van der Waals surface area (Å²) in [4.78, 5) is 13.3. The number of nitrogens with one attached hydrogen (secondary N) is 1. The van der Waals surface area contributed by atoms with Gasteiger partial charge >= 0.3 is 5.63 Å². The summed E-state index contributed by atoms with van der Waals surface area (Å²) < 4.78 is 11.7. The van der Waals surface area contributed by atoms with Crippen LogP contribution in [-0.2, 0) is 6.54 Å². The van der Waals surface area contributed by atoms with Gasteiger partial charge in [0.05, 0.1) is 18.0 Å². The maximum Gasteiger partial charge on any atom is 0.336 e. The molecule has 0 radical (unpaired) electrons. The molecule has 0 saturated heterocycles. The SMILES string of the molecule is Cc1cc(=O)oc2c3c(ccc12)OC[NH+](CC(c1ccccc1)c1ccccc1)C3. The number of benzene rings is 3. The Morgan fingerprint density at radius 2 is 1.60 bits per heavy atom. The van der Waals surface area contributed by atoms with Gasteiger partial charge in [-0.1, -0.05) is 60.7 Å². The van der Waals surface area contributed by atoms with Gasteiger partial charge in [-0.2, -0.15) is 0 Å². The average molecular weight is 398 g/mol. The van der Waals surface area contributed by atoms with Crippen LogP contribution in [0.3, 0.4) is 0 Å². The van der Waals surface area contributed by atoms with Gasteiger partial charge in [-0.25, -0.2) is 4.79 Å². The van der Waals surface area contributed by atoms with E-state index in [0.717, 1.165) is 35.4 Å². The van der Waals surface area contributed by atoms with E-state index in [9.17, 15) is 4.79 Å². The quantitative estimate of drug-likeness (QED) is 0.534. The van der Waals surface area contributed by atoms with E-state index in [4.69, 9.17) is 9.15 Å². The molecule has 4 heteroatoms. The highest BCUT2D eigenvalue weighted by atomic mass is 16.5. The minimum Gasteiger partial charge on any atom is -0.445 e. The number of hydrogen-bond donors (Lipinski definition) is 1. The molecule has 150 valence electrons. The van der Waals surface area contributed by atoms with Crippen molar-refractivity contribution >= 4 is 11.0 Å². The number of hydrogen-bond acceptors (Lipinski definition) is 3. The van der Waals surface area contributed by atoms with E-state index in [2.05, 4.69) is 60.7 Å². The Kier molecular flexibility index (Phi) is 4.85. The molecule has 1 aliphatic rings. The summed E-state index contributed by atoms with van der Waals surface area (Å²) in [7, 11) is 0. The van der Waals surface area contributed by atoms with Gasteiger partial charge in [0, 0.05) is 11.5 Å². The van der Waals surface area contributed by atoms with Gasteiger partial charge in [-0.15, -0.1) is 0 Å². The molecule has 3 aromatic carbocycles. The summed E-state index contributed by atoms with van der Waals surface area (Å²) >= 11 is 0. The Morgan fingerprint density at radius 3 is 2.27 bits per heavy atom. The molecule has 0 amide bonds. The minimum absolute atomic E-state index is 0.260. The fourth-order valence-electron chi connectivity index (χ4n) is 4.42. The van der Waals surface area contributed by atoms with Crippen molar-refractivity contribution in [1.29, 1.82) is 0 Å². The van der Waals surface area contributed by atoms with Gasteiger partial charge in [0.15, 0.2) is 5.58 Å². The first-order valence-corrected chi connectivity index (χ1v) is 10.3. The van der Waals surface area contributed by atoms with Crippen LogP contribution in [0.25, 0.3) is 11.0 Å². The predicted octanol–water partition coefficient (Wildman–Crippen LogP) is 3.67. The van der Waals surface area contributed by atoms with Crippen LogP contribution in [0.5, 0.6) is 5.75 Å². The summed E-state index contributed by atoms with van der Waals surface area (Å²) in [5, 5.41) is 0.973. The minimum atomic E-state index is -0.313. The first-order chi connectivity index (χ1) is 14.7. The number of ether oxygens (including phenoxy) is 1. The van der Waals surface area contributed by atoms with Crippen LogP contribution in [0.15, 0.2) is 88.1 Å². The van der Waals surface area contributed by atoms with E-state index >= 15 is 0 Å². The highest BCUT2D eigenvalue weighted by molar-refractivity contribution is 5.84. The smallest absolute Gasteiger partial charge is 0.336 e. The Balaban J connectivity index is 1.50. The number of quaternary nitrogens is 1. The normalized spacial score (nSPS) is 15.7. The number of fused-ring (bicyclic) bond motifs is 3. The van der Waals surface area contributed by atoms with Crippen molar-refractivity contribution in [2.45, 2.75) is 19.4 Å². The lowest BCUT2D eigenvalue weighted by molar-refractivity contribution is -0.933. The summed E-state index contributed by atoms with van der Waals surface area (Å²) in [6, 6.07) is 26.7. The van der Waals surface area contributed by atoms with Gasteiger partial charge < -0.3 is 9.15 Å². The zero-order chi connectivity index (χ0) is 20.5. The third-order valence-electron chi connectivity index (χ3n) is 5.93. The molecular weight excluding hydrogens is 374 g/mol. The third kappa shape index (κ3) is 3.51. The third-order valence-corrected chi connectivity index (χ3v) is 5.93. The standard InChI is InChI=1S/C26H23NO3/c1-18-14-25(28)30-26-21(18)12-13-24-23(26)16-27(17-29-24)15-22(19-8-4-2-5-9-19)20-10-6-3-7-11-20/h2-14,22H,15-17H2,1H3/p+1. The van der Waals surface area contributed by atoms with E-state index in [1.54, 1.807) is 6.07 Å². The highest BCUT2D eigenvalue weighted by Crippen LogP contribution is 2.30. The van der Waals surface area contributed by atoms with E-state index in [1.165, 1.54) is 16.0 Å². The first-order valence-electron chi connectivity index (χ1n) is 10.3. The summed E-state index contributed by atoms with van der Waals surface area (Å²) in [6.45, 7) is 4.18. The van der Waals surface area contributed by atoms with Gasteiger partial charge in [-0.05, 0) is 35.7 Å². The molecule has 1 N–H and O–H groups in total. The lowest BCUT2D eigenvalue weighted by Gasteiger charge is -2.30. The van der Waals surface area contributed by atoms with Crippen LogP contribution in [0.4, 0.5) is 0 Å². The number of rotatable bonds is 4. The second kappa shape index (κ2) is 7.81. The molecule has 4 aromatic rings. The van der Waals surface area contributed by atoms with Crippen LogP contribution < -0.4 is 15.3 Å².